The molecule has 0 N–H and O–H groups in total. The zero-order chi connectivity index (χ0) is 10.4. The van der Waals surface area contributed by atoms with Gasteiger partial charge in [0.2, 0.25) is 0 Å². The van der Waals surface area contributed by atoms with Crippen molar-refractivity contribution in [1.82, 2.24) is 0 Å². The number of hydrogen-bond acceptors (Lipinski definition) is 0. The van der Waals surface area contributed by atoms with Crippen LogP contribution in [0.25, 0.3) is 0 Å². The first-order valence-electron chi connectivity index (χ1n) is 5.44. The summed E-state index contributed by atoms with van der Waals surface area (Å²) in [5.41, 5.74) is 2.42. The molecule has 0 aliphatic rings. The first-order valence-corrected chi connectivity index (χ1v) is 7.75. The first kappa shape index (κ1) is 15.4. The van der Waals surface area contributed by atoms with Gasteiger partial charge in [0.15, 0.2) is 0 Å². The van der Waals surface area contributed by atoms with E-state index in [9.17, 15) is 0 Å². The highest BCUT2D eigenvalue weighted by atomic mass is 127. The summed E-state index contributed by atoms with van der Waals surface area (Å²) in [6.45, 7) is 7.09. The molecule has 1 atom stereocenters. The smallest absolute Gasteiger partial charge is 0.0174 e. The summed E-state index contributed by atoms with van der Waals surface area (Å²) in [6, 6.07) is 10.9. The molecule has 0 fully saturated rings. The quantitative estimate of drug-likeness (QED) is 0.537. The summed E-state index contributed by atoms with van der Waals surface area (Å²) in [5, 5.41) is 0. The third kappa shape index (κ3) is 5.87. The normalized spacial score (nSPS) is 12.3. The number of benzene rings is 1. The molecule has 0 bridgehead atoms. The highest BCUT2D eigenvalue weighted by Crippen LogP contribution is 2.37. The predicted octanol–water partition coefficient (Wildman–Crippen LogP) is 4.76. The second-order valence-corrected chi connectivity index (χ2v) is 6.75. The fraction of sp³-hybridized carbons (Fsp3) is 0.538. The van der Waals surface area contributed by atoms with Gasteiger partial charge in [-0.15, -0.1) is 31.9 Å². The van der Waals surface area contributed by atoms with Gasteiger partial charge in [0.25, 0.3) is 0 Å². The third-order valence-corrected chi connectivity index (χ3v) is 4.57. The van der Waals surface area contributed by atoms with Crippen LogP contribution in [-0.4, -0.2) is 19.0 Å². The fourth-order valence-electron chi connectivity index (χ4n) is 1.76. The Balaban J connectivity index is 0.00000196. The maximum atomic E-state index is 2.40. The van der Waals surface area contributed by atoms with Crippen LogP contribution in [0, 0.1) is 0 Å². The molecule has 0 saturated carbocycles. The minimum atomic E-state index is 0. The maximum Gasteiger partial charge on any atom is -0.0174 e. The summed E-state index contributed by atoms with van der Waals surface area (Å²) >= 11 is 0. The topological polar surface area (TPSA) is 0 Å². The van der Waals surface area contributed by atoms with E-state index in [2.05, 4.69) is 50.6 Å². The van der Waals surface area contributed by atoms with E-state index >= 15 is 0 Å². The van der Waals surface area contributed by atoms with E-state index in [1.54, 1.807) is 0 Å². The van der Waals surface area contributed by atoms with Gasteiger partial charge >= 0.3 is 0 Å². The van der Waals surface area contributed by atoms with Crippen molar-refractivity contribution in [3.8, 4) is 0 Å². The second-order valence-electron chi connectivity index (χ2n) is 4.10. The monoisotopic (exact) mass is 336 g/mol. The van der Waals surface area contributed by atoms with Crippen molar-refractivity contribution >= 4 is 31.9 Å². The van der Waals surface area contributed by atoms with E-state index in [1.165, 1.54) is 24.8 Å². The summed E-state index contributed by atoms with van der Waals surface area (Å²) < 4.78 is 0. The van der Waals surface area contributed by atoms with E-state index in [1.807, 2.05) is 0 Å². The minimum Gasteiger partial charge on any atom is -0.110 e. The van der Waals surface area contributed by atoms with Crippen LogP contribution < -0.4 is 0 Å². The summed E-state index contributed by atoms with van der Waals surface area (Å²) in [5.74, 6) is 0. The molecule has 1 unspecified atom stereocenters. The van der Waals surface area contributed by atoms with Crippen LogP contribution in [-0.2, 0) is 6.42 Å². The Morgan fingerprint density at radius 3 is 2.20 bits per heavy atom. The molecule has 0 spiro atoms. The molecule has 0 radical (unpaired) electrons. The van der Waals surface area contributed by atoms with Gasteiger partial charge in [-0.2, -0.15) is 0 Å². The molecule has 2 heteroatoms. The minimum absolute atomic E-state index is 0. The Bertz CT molecular complexity index is 246. The largest absolute Gasteiger partial charge is 0.110 e. The average molecular weight is 336 g/mol. The van der Waals surface area contributed by atoms with Crippen LogP contribution in [0.15, 0.2) is 30.3 Å². The first-order chi connectivity index (χ1) is 6.74. The predicted molar refractivity (Wildman–Crippen MR) is 83.0 cm³/mol. The zero-order valence-electron chi connectivity index (χ0n) is 9.94. The van der Waals surface area contributed by atoms with Crippen LogP contribution in [0.2, 0.25) is 0 Å². The summed E-state index contributed by atoms with van der Waals surface area (Å²) in [4.78, 5) is 0. The zero-order valence-corrected chi connectivity index (χ0v) is 13.2. The molecule has 0 amide bonds. The molecule has 1 aromatic rings. The van der Waals surface area contributed by atoms with E-state index in [-0.39, 0.29) is 31.9 Å². The van der Waals surface area contributed by atoms with Gasteiger partial charge in [0.05, 0.1) is 0 Å². The Kier molecular flexibility index (Phi) is 8.74. The average Bonchev–Trinajstić information content (AvgIpc) is 2.18. The molecule has 0 nitrogen and oxygen atoms in total. The molecule has 15 heavy (non-hydrogen) atoms. The molecule has 86 valence electrons. The lowest BCUT2D eigenvalue weighted by Crippen LogP contribution is -2.08. The Labute approximate surface area is 113 Å². The van der Waals surface area contributed by atoms with Crippen molar-refractivity contribution < 1.29 is 0 Å². The van der Waals surface area contributed by atoms with E-state index in [0.29, 0.717) is 0 Å². The molecule has 0 aromatic heterocycles. The fourth-order valence-corrected chi connectivity index (χ4v) is 3.11. The molecule has 0 aliphatic carbocycles. The Morgan fingerprint density at radius 2 is 1.73 bits per heavy atom. The lowest BCUT2D eigenvalue weighted by atomic mass is 10.1. The lowest BCUT2D eigenvalue weighted by molar-refractivity contribution is 0.727. The SMILES string of the molecule is CCCC(Cc1ccccc1)P(C)C.I. The second kappa shape index (κ2) is 8.52. The van der Waals surface area contributed by atoms with Crippen molar-refractivity contribution in [2.45, 2.75) is 31.8 Å². The van der Waals surface area contributed by atoms with Gasteiger partial charge in [-0.25, -0.2) is 0 Å². The Hall–Kier alpha value is 0.380. The summed E-state index contributed by atoms with van der Waals surface area (Å²) in [7, 11) is 0.207. The standard InChI is InChI=1S/C13H21P.HI/c1-4-8-13(14(2)3)11-12-9-6-5-7-10-12;/h5-7,9-10,13H,4,8,11H2,1-3H3;1H. The van der Waals surface area contributed by atoms with Crippen molar-refractivity contribution in [3.63, 3.8) is 0 Å². The van der Waals surface area contributed by atoms with Crippen LogP contribution in [0.3, 0.4) is 0 Å². The molecule has 0 aliphatic heterocycles. The number of hydrogen-bond donors (Lipinski definition) is 0. The molecule has 0 saturated heterocycles. The van der Waals surface area contributed by atoms with E-state index in [4.69, 9.17) is 0 Å². The van der Waals surface area contributed by atoms with Gasteiger partial charge in [-0.3, -0.25) is 0 Å². The van der Waals surface area contributed by atoms with Gasteiger partial charge in [-0.1, -0.05) is 43.7 Å². The molecule has 1 aromatic carbocycles. The van der Waals surface area contributed by atoms with Gasteiger partial charge < -0.3 is 0 Å². The Morgan fingerprint density at radius 1 is 1.13 bits per heavy atom. The van der Waals surface area contributed by atoms with Crippen LogP contribution >= 0.6 is 31.9 Å². The van der Waals surface area contributed by atoms with Crippen molar-refractivity contribution in [2.75, 3.05) is 13.3 Å². The molecular formula is C13H22IP. The molecule has 1 rings (SSSR count). The molecular weight excluding hydrogens is 314 g/mol. The summed E-state index contributed by atoms with van der Waals surface area (Å²) in [6.07, 6.45) is 3.97. The maximum absolute atomic E-state index is 2.40. The van der Waals surface area contributed by atoms with Gasteiger partial charge in [-0.05, 0) is 37.4 Å². The highest BCUT2D eigenvalue weighted by Gasteiger charge is 2.11. The highest BCUT2D eigenvalue weighted by molar-refractivity contribution is 14.0. The van der Waals surface area contributed by atoms with Crippen LogP contribution in [0.1, 0.15) is 25.3 Å². The van der Waals surface area contributed by atoms with Crippen LogP contribution in [0.5, 0.6) is 0 Å². The number of rotatable bonds is 5. The van der Waals surface area contributed by atoms with Gasteiger partial charge in [0, 0.05) is 0 Å². The van der Waals surface area contributed by atoms with E-state index < -0.39 is 0 Å². The van der Waals surface area contributed by atoms with Gasteiger partial charge in [0.1, 0.15) is 0 Å². The molecule has 0 heterocycles. The van der Waals surface area contributed by atoms with Crippen molar-refractivity contribution in [1.29, 1.82) is 0 Å². The van der Waals surface area contributed by atoms with E-state index in [0.717, 1.165) is 5.66 Å². The number of halogens is 1. The van der Waals surface area contributed by atoms with Crippen LogP contribution in [0.4, 0.5) is 0 Å². The van der Waals surface area contributed by atoms with Crippen molar-refractivity contribution in [2.24, 2.45) is 0 Å². The third-order valence-electron chi connectivity index (χ3n) is 2.67. The lowest BCUT2D eigenvalue weighted by Gasteiger charge is -2.20. The van der Waals surface area contributed by atoms with Crippen molar-refractivity contribution in [3.05, 3.63) is 35.9 Å².